The van der Waals surface area contributed by atoms with Crippen molar-refractivity contribution in [1.82, 2.24) is 0 Å². The minimum atomic E-state index is -0.558. The van der Waals surface area contributed by atoms with E-state index >= 15 is 0 Å². The van der Waals surface area contributed by atoms with Crippen molar-refractivity contribution in [1.29, 1.82) is 0 Å². The Hall–Kier alpha value is -1.92. The van der Waals surface area contributed by atoms with Crippen molar-refractivity contribution < 1.29 is 33.4 Å². The second-order valence-electron chi connectivity index (χ2n) is 5.48. The monoisotopic (exact) mass is 330 g/mol. The summed E-state index contributed by atoms with van der Waals surface area (Å²) in [5, 5.41) is 0. The lowest BCUT2D eigenvalue weighted by molar-refractivity contribution is -0.161. The molecule has 7 nitrogen and oxygen atoms in total. The van der Waals surface area contributed by atoms with Gasteiger partial charge in [0.05, 0.1) is 6.10 Å². The van der Waals surface area contributed by atoms with Crippen molar-refractivity contribution in [3.8, 4) is 0 Å². The van der Waals surface area contributed by atoms with Gasteiger partial charge in [0.25, 0.3) is 0 Å². The van der Waals surface area contributed by atoms with E-state index < -0.39 is 11.9 Å². The minimum Gasteiger partial charge on any atom is -0.460 e. The van der Waals surface area contributed by atoms with E-state index in [1.54, 1.807) is 13.8 Å². The van der Waals surface area contributed by atoms with Crippen molar-refractivity contribution in [2.75, 3.05) is 13.2 Å². The second kappa shape index (κ2) is 12.6. The van der Waals surface area contributed by atoms with E-state index in [4.69, 9.17) is 14.2 Å². The van der Waals surface area contributed by atoms with Crippen LogP contribution in [0.1, 0.15) is 59.3 Å². The van der Waals surface area contributed by atoms with Crippen LogP contribution in [0.5, 0.6) is 0 Å². The Bertz CT molecular complexity index is 401. The highest BCUT2D eigenvalue weighted by Crippen LogP contribution is 2.07. The summed E-state index contributed by atoms with van der Waals surface area (Å²) < 4.78 is 14.3. The van der Waals surface area contributed by atoms with Crippen molar-refractivity contribution in [2.24, 2.45) is 0 Å². The summed E-state index contributed by atoms with van der Waals surface area (Å²) >= 11 is 0. The van der Waals surface area contributed by atoms with Crippen molar-refractivity contribution in [3.63, 3.8) is 0 Å². The summed E-state index contributed by atoms with van der Waals surface area (Å²) in [6.07, 6.45) is 3.07. The molecule has 0 amide bonds. The van der Waals surface area contributed by atoms with Crippen LogP contribution < -0.4 is 0 Å². The van der Waals surface area contributed by atoms with Crippen LogP contribution in [0.2, 0.25) is 0 Å². The average molecular weight is 330 g/mol. The average Bonchev–Trinajstić information content (AvgIpc) is 2.45. The van der Waals surface area contributed by atoms with Crippen molar-refractivity contribution in [2.45, 2.75) is 65.4 Å². The number of unbranched alkanes of at least 4 members (excludes halogenated alkanes) is 3. The normalized spacial score (nSPS) is 10.3. The fourth-order valence-electron chi connectivity index (χ4n) is 1.66. The van der Waals surface area contributed by atoms with Gasteiger partial charge in [-0.05, 0) is 33.6 Å². The van der Waals surface area contributed by atoms with E-state index in [1.807, 2.05) is 0 Å². The molecular formula is C16H26O7. The zero-order chi connectivity index (χ0) is 17.7. The van der Waals surface area contributed by atoms with E-state index in [0.717, 1.165) is 12.8 Å². The summed E-state index contributed by atoms with van der Waals surface area (Å²) in [4.78, 5) is 44.4. The largest absolute Gasteiger partial charge is 0.460 e. The predicted molar refractivity (Wildman–Crippen MR) is 81.5 cm³/mol. The molecule has 7 heteroatoms. The van der Waals surface area contributed by atoms with Gasteiger partial charge in [0.2, 0.25) is 0 Å². The molecule has 0 fully saturated rings. The van der Waals surface area contributed by atoms with Crippen molar-refractivity contribution >= 4 is 23.7 Å². The third kappa shape index (κ3) is 14.8. The molecule has 0 spiro atoms. The fraction of sp³-hybridized carbons (Fsp3) is 0.750. The summed E-state index contributed by atoms with van der Waals surface area (Å²) in [5.74, 6) is -1.57. The molecule has 0 rings (SSSR count). The molecule has 0 aromatic rings. The SMILES string of the molecule is CC(=O)COC(=O)CCCCCCC(=O)OCC(=O)OC(C)C. The molecule has 23 heavy (non-hydrogen) atoms. The molecule has 132 valence electrons. The molecule has 0 aromatic carbocycles. The molecule has 0 radical (unpaired) electrons. The first-order valence-corrected chi connectivity index (χ1v) is 7.81. The smallest absolute Gasteiger partial charge is 0.344 e. The lowest BCUT2D eigenvalue weighted by Gasteiger charge is -2.08. The summed E-state index contributed by atoms with van der Waals surface area (Å²) in [6, 6.07) is 0. The van der Waals surface area contributed by atoms with Gasteiger partial charge in [-0.3, -0.25) is 14.4 Å². The molecule has 0 aromatic heterocycles. The number of hydrogen-bond donors (Lipinski definition) is 0. The van der Waals surface area contributed by atoms with Crippen LogP contribution in [-0.4, -0.2) is 43.0 Å². The van der Waals surface area contributed by atoms with Crippen LogP contribution in [0.15, 0.2) is 0 Å². The maximum atomic E-state index is 11.4. The zero-order valence-electron chi connectivity index (χ0n) is 14.1. The van der Waals surface area contributed by atoms with Gasteiger partial charge >= 0.3 is 17.9 Å². The van der Waals surface area contributed by atoms with Gasteiger partial charge in [0.1, 0.15) is 6.61 Å². The van der Waals surface area contributed by atoms with Crippen LogP contribution in [0.4, 0.5) is 0 Å². The first-order valence-electron chi connectivity index (χ1n) is 7.81. The highest BCUT2D eigenvalue weighted by molar-refractivity contribution is 5.80. The summed E-state index contributed by atoms with van der Waals surface area (Å²) in [7, 11) is 0. The number of hydrogen-bond acceptors (Lipinski definition) is 7. The van der Waals surface area contributed by atoms with E-state index in [1.165, 1.54) is 6.92 Å². The number of Topliss-reactive ketones (excluding diaryl/α,β-unsaturated/α-hetero) is 1. The Kier molecular flexibility index (Phi) is 11.6. The highest BCUT2D eigenvalue weighted by atomic mass is 16.6. The Balaban J connectivity index is 3.50. The molecule has 0 aliphatic carbocycles. The van der Waals surface area contributed by atoms with Crippen LogP contribution in [0.25, 0.3) is 0 Å². The number of ether oxygens (including phenoxy) is 3. The van der Waals surface area contributed by atoms with Gasteiger partial charge in [0, 0.05) is 12.8 Å². The molecule has 0 atom stereocenters. The van der Waals surface area contributed by atoms with E-state index in [2.05, 4.69) is 0 Å². The number of esters is 3. The Morgan fingerprint density at radius 1 is 0.739 bits per heavy atom. The Morgan fingerprint density at radius 2 is 1.22 bits per heavy atom. The topological polar surface area (TPSA) is 96.0 Å². The first-order chi connectivity index (χ1) is 10.8. The number of carbonyl (C=O) groups excluding carboxylic acids is 4. The fourth-order valence-corrected chi connectivity index (χ4v) is 1.66. The van der Waals surface area contributed by atoms with E-state index in [-0.39, 0.29) is 43.9 Å². The molecule has 0 saturated heterocycles. The predicted octanol–water partition coefficient (Wildman–Crippen LogP) is 1.95. The molecule has 0 aliphatic heterocycles. The molecule has 0 heterocycles. The molecule has 0 N–H and O–H groups in total. The maximum absolute atomic E-state index is 11.4. The van der Waals surface area contributed by atoms with Crippen LogP contribution in [0, 0.1) is 0 Å². The summed E-state index contributed by atoms with van der Waals surface area (Å²) in [6.45, 7) is 4.25. The summed E-state index contributed by atoms with van der Waals surface area (Å²) in [5.41, 5.74) is 0. The van der Waals surface area contributed by atoms with Gasteiger partial charge in [0.15, 0.2) is 12.4 Å². The van der Waals surface area contributed by atoms with Gasteiger partial charge < -0.3 is 14.2 Å². The molecular weight excluding hydrogens is 304 g/mol. The van der Waals surface area contributed by atoms with E-state index in [9.17, 15) is 19.2 Å². The minimum absolute atomic E-state index is 0.177. The van der Waals surface area contributed by atoms with Gasteiger partial charge in [-0.15, -0.1) is 0 Å². The third-order valence-corrected chi connectivity index (χ3v) is 2.67. The van der Waals surface area contributed by atoms with Gasteiger partial charge in [-0.1, -0.05) is 12.8 Å². The standard InChI is InChI=1S/C16H26O7/c1-12(2)23-16(20)11-22-15(19)9-7-5-4-6-8-14(18)21-10-13(3)17/h12H,4-11H2,1-3H3. The molecule has 0 bridgehead atoms. The van der Waals surface area contributed by atoms with Crippen LogP contribution in [-0.2, 0) is 33.4 Å². The zero-order valence-corrected chi connectivity index (χ0v) is 14.1. The lowest BCUT2D eigenvalue weighted by atomic mass is 10.1. The van der Waals surface area contributed by atoms with Gasteiger partial charge in [-0.25, -0.2) is 4.79 Å². The Morgan fingerprint density at radius 3 is 1.65 bits per heavy atom. The highest BCUT2D eigenvalue weighted by Gasteiger charge is 2.10. The molecule has 0 aliphatic rings. The van der Waals surface area contributed by atoms with Crippen LogP contribution in [0.3, 0.4) is 0 Å². The number of carbonyl (C=O) groups is 4. The van der Waals surface area contributed by atoms with E-state index in [0.29, 0.717) is 12.8 Å². The quantitative estimate of drug-likeness (QED) is 0.306. The van der Waals surface area contributed by atoms with Crippen LogP contribution >= 0.6 is 0 Å². The number of rotatable bonds is 12. The van der Waals surface area contributed by atoms with Crippen molar-refractivity contribution in [3.05, 3.63) is 0 Å². The lowest BCUT2D eigenvalue weighted by Crippen LogP contribution is -2.19. The first kappa shape index (κ1) is 21.1. The molecule has 0 saturated carbocycles. The maximum Gasteiger partial charge on any atom is 0.344 e. The number of ketones is 1. The van der Waals surface area contributed by atoms with Gasteiger partial charge in [-0.2, -0.15) is 0 Å². The second-order valence-corrected chi connectivity index (χ2v) is 5.48. The molecule has 0 unspecified atom stereocenters. The third-order valence-electron chi connectivity index (χ3n) is 2.67. The Labute approximate surface area is 136 Å².